The van der Waals surface area contributed by atoms with Gasteiger partial charge in [-0.3, -0.25) is 9.59 Å². The van der Waals surface area contributed by atoms with Crippen molar-refractivity contribution in [1.29, 1.82) is 0 Å². The van der Waals surface area contributed by atoms with Crippen molar-refractivity contribution in [3.8, 4) is 0 Å². The lowest BCUT2D eigenvalue weighted by molar-refractivity contribution is -0.128. The fraction of sp³-hybridized carbons (Fsp3) is 0.579. The molecule has 24 heavy (non-hydrogen) atoms. The van der Waals surface area contributed by atoms with Gasteiger partial charge in [-0.25, -0.2) is 0 Å². The van der Waals surface area contributed by atoms with Gasteiger partial charge in [0.2, 0.25) is 5.91 Å². The standard InChI is InChI=1S/C19H26N2O3/c1-14(22)17-5-2-3-12-21(17)19(24)16-9-7-15(8-10-16)13-20-11-4-6-18(20)23/h7-10,14,17,22H,2-6,11-13H2,1H3. The molecule has 0 aliphatic carbocycles. The first kappa shape index (κ1) is 17.0. The van der Waals surface area contributed by atoms with Gasteiger partial charge in [0, 0.05) is 31.6 Å². The highest BCUT2D eigenvalue weighted by molar-refractivity contribution is 5.94. The van der Waals surface area contributed by atoms with Crippen molar-refractivity contribution in [2.24, 2.45) is 0 Å². The Morgan fingerprint density at radius 1 is 1.21 bits per heavy atom. The minimum Gasteiger partial charge on any atom is -0.391 e. The zero-order chi connectivity index (χ0) is 17.1. The number of carbonyl (C=O) groups is 2. The average molecular weight is 330 g/mol. The van der Waals surface area contributed by atoms with Crippen LogP contribution in [0, 0.1) is 0 Å². The second-order valence-electron chi connectivity index (χ2n) is 6.92. The lowest BCUT2D eigenvalue weighted by Crippen LogP contribution is -2.48. The van der Waals surface area contributed by atoms with Crippen LogP contribution >= 0.6 is 0 Å². The number of aliphatic hydroxyl groups is 1. The molecule has 0 spiro atoms. The normalized spacial score (nSPS) is 22.8. The summed E-state index contributed by atoms with van der Waals surface area (Å²) in [6.45, 7) is 3.90. The molecule has 2 aliphatic rings. The summed E-state index contributed by atoms with van der Waals surface area (Å²) in [5, 5.41) is 9.94. The molecule has 2 saturated heterocycles. The minimum atomic E-state index is -0.505. The van der Waals surface area contributed by atoms with Gasteiger partial charge in [0.05, 0.1) is 12.1 Å². The van der Waals surface area contributed by atoms with E-state index in [1.165, 1.54) is 0 Å². The van der Waals surface area contributed by atoms with Crippen molar-refractivity contribution in [3.63, 3.8) is 0 Å². The second kappa shape index (κ2) is 7.34. The van der Waals surface area contributed by atoms with Crippen LogP contribution < -0.4 is 0 Å². The van der Waals surface area contributed by atoms with Crippen LogP contribution in [0.2, 0.25) is 0 Å². The molecule has 130 valence electrons. The highest BCUT2D eigenvalue weighted by atomic mass is 16.3. The number of nitrogens with zero attached hydrogens (tertiary/aromatic N) is 2. The van der Waals surface area contributed by atoms with Gasteiger partial charge in [-0.2, -0.15) is 0 Å². The van der Waals surface area contributed by atoms with Crippen LogP contribution in [0.1, 0.15) is 54.9 Å². The summed E-state index contributed by atoms with van der Waals surface area (Å²) in [4.78, 5) is 28.2. The summed E-state index contributed by atoms with van der Waals surface area (Å²) < 4.78 is 0. The molecule has 0 bridgehead atoms. The summed E-state index contributed by atoms with van der Waals surface area (Å²) in [5.74, 6) is 0.202. The molecule has 1 N–H and O–H groups in total. The predicted molar refractivity (Wildman–Crippen MR) is 91.4 cm³/mol. The van der Waals surface area contributed by atoms with Gasteiger partial charge in [0.1, 0.15) is 0 Å². The van der Waals surface area contributed by atoms with Crippen LogP contribution in [0.25, 0.3) is 0 Å². The number of benzene rings is 1. The van der Waals surface area contributed by atoms with Crippen LogP contribution in [-0.4, -0.2) is 52.0 Å². The number of rotatable bonds is 4. The summed E-state index contributed by atoms with van der Waals surface area (Å²) in [7, 11) is 0. The van der Waals surface area contributed by atoms with E-state index in [4.69, 9.17) is 0 Å². The van der Waals surface area contributed by atoms with Gasteiger partial charge in [-0.15, -0.1) is 0 Å². The number of aliphatic hydroxyl groups excluding tert-OH is 1. The molecule has 0 radical (unpaired) electrons. The number of piperidine rings is 1. The van der Waals surface area contributed by atoms with E-state index in [0.717, 1.165) is 37.8 Å². The highest BCUT2D eigenvalue weighted by Crippen LogP contribution is 2.22. The molecule has 2 atom stereocenters. The lowest BCUT2D eigenvalue weighted by atomic mass is 9.97. The molecule has 5 heteroatoms. The van der Waals surface area contributed by atoms with Crippen molar-refractivity contribution in [3.05, 3.63) is 35.4 Å². The van der Waals surface area contributed by atoms with Gasteiger partial charge in [0.25, 0.3) is 5.91 Å². The Kier molecular flexibility index (Phi) is 5.19. The summed E-state index contributed by atoms with van der Waals surface area (Å²) in [6.07, 6.45) is 3.98. The maximum absolute atomic E-state index is 12.8. The van der Waals surface area contributed by atoms with Crippen molar-refractivity contribution in [2.45, 2.75) is 57.7 Å². The van der Waals surface area contributed by atoms with E-state index in [-0.39, 0.29) is 17.9 Å². The third-order valence-corrected chi connectivity index (χ3v) is 5.11. The van der Waals surface area contributed by atoms with Crippen molar-refractivity contribution >= 4 is 11.8 Å². The van der Waals surface area contributed by atoms with Crippen LogP contribution in [0.15, 0.2) is 24.3 Å². The summed E-state index contributed by atoms with van der Waals surface area (Å²) in [6, 6.07) is 7.45. The lowest BCUT2D eigenvalue weighted by Gasteiger charge is -2.37. The third kappa shape index (κ3) is 3.61. The summed E-state index contributed by atoms with van der Waals surface area (Å²) >= 11 is 0. The van der Waals surface area contributed by atoms with Crippen LogP contribution in [0.4, 0.5) is 0 Å². The van der Waals surface area contributed by atoms with Crippen molar-refractivity contribution in [1.82, 2.24) is 9.80 Å². The Morgan fingerprint density at radius 2 is 1.96 bits per heavy atom. The number of hydrogen-bond donors (Lipinski definition) is 1. The molecule has 1 aromatic carbocycles. The second-order valence-corrected chi connectivity index (χ2v) is 6.92. The fourth-order valence-corrected chi connectivity index (χ4v) is 3.72. The minimum absolute atomic E-state index is 0.00982. The van der Waals surface area contributed by atoms with E-state index in [1.54, 1.807) is 6.92 Å². The van der Waals surface area contributed by atoms with E-state index in [0.29, 0.717) is 25.1 Å². The Bertz CT molecular complexity index is 597. The molecule has 2 unspecified atom stereocenters. The van der Waals surface area contributed by atoms with Gasteiger partial charge >= 0.3 is 0 Å². The number of carbonyl (C=O) groups excluding carboxylic acids is 2. The van der Waals surface area contributed by atoms with E-state index >= 15 is 0 Å². The van der Waals surface area contributed by atoms with E-state index in [9.17, 15) is 14.7 Å². The predicted octanol–water partition coefficient (Wildman–Crippen LogP) is 2.18. The molecule has 0 aromatic heterocycles. The Labute approximate surface area is 143 Å². The average Bonchev–Trinajstić information content (AvgIpc) is 3.00. The number of hydrogen-bond acceptors (Lipinski definition) is 3. The maximum Gasteiger partial charge on any atom is 0.254 e. The van der Waals surface area contributed by atoms with Crippen molar-refractivity contribution in [2.75, 3.05) is 13.1 Å². The molecule has 1 aromatic rings. The SMILES string of the molecule is CC(O)C1CCCCN1C(=O)c1ccc(CN2CCCC2=O)cc1. The molecule has 0 saturated carbocycles. The van der Waals surface area contributed by atoms with Gasteiger partial charge < -0.3 is 14.9 Å². The van der Waals surface area contributed by atoms with Crippen LogP contribution in [-0.2, 0) is 11.3 Å². The third-order valence-electron chi connectivity index (χ3n) is 5.11. The maximum atomic E-state index is 12.8. The molecule has 2 heterocycles. The quantitative estimate of drug-likeness (QED) is 0.920. The van der Waals surface area contributed by atoms with E-state index in [2.05, 4.69) is 0 Å². The molecule has 2 fully saturated rings. The van der Waals surface area contributed by atoms with Crippen molar-refractivity contribution < 1.29 is 14.7 Å². The molecule has 2 amide bonds. The topological polar surface area (TPSA) is 60.9 Å². The molecular formula is C19H26N2O3. The Hall–Kier alpha value is -1.88. The van der Waals surface area contributed by atoms with E-state index < -0.39 is 6.10 Å². The monoisotopic (exact) mass is 330 g/mol. The van der Waals surface area contributed by atoms with Gasteiger partial charge in [-0.05, 0) is 50.3 Å². The first-order valence-corrected chi connectivity index (χ1v) is 8.92. The summed E-state index contributed by atoms with van der Waals surface area (Å²) in [5.41, 5.74) is 1.70. The van der Waals surface area contributed by atoms with Crippen LogP contribution in [0.5, 0.6) is 0 Å². The molecular weight excluding hydrogens is 304 g/mol. The first-order chi connectivity index (χ1) is 11.6. The molecule has 5 nitrogen and oxygen atoms in total. The molecule has 2 aliphatic heterocycles. The first-order valence-electron chi connectivity index (χ1n) is 8.92. The number of amides is 2. The Morgan fingerprint density at radius 3 is 2.58 bits per heavy atom. The molecule has 3 rings (SSSR count). The zero-order valence-electron chi connectivity index (χ0n) is 14.3. The smallest absolute Gasteiger partial charge is 0.254 e. The zero-order valence-corrected chi connectivity index (χ0v) is 14.3. The highest BCUT2D eigenvalue weighted by Gasteiger charge is 2.30. The van der Waals surface area contributed by atoms with Gasteiger partial charge in [-0.1, -0.05) is 12.1 Å². The largest absolute Gasteiger partial charge is 0.391 e. The van der Waals surface area contributed by atoms with Gasteiger partial charge in [0.15, 0.2) is 0 Å². The van der Waals surface area contributed by atoms with Crippen LogP contribution in [0.3, 0.4) is 0 Å². The number of likely N-dealkylation sites (tertiary alicyclic amines) is 2. The Balaban J connectivity index is 1.68. The van der Waals surface area contributed by atoms with E-state index in [1.807, 2.05) is 34.1 Å². The fourth-order valence-electron chi connectivity index (χ4n) is 3.72.